The van der Waals surface area contributed by atoms with E-state index in [0.717, 1.165) is 24.2 Å². The molecule has 1 saturated heterocycles. The van der Waals surface area contributed by atoms with E-state index in [1.807, 2.05) is 13.8 Å². The Morgan fingerprint density at radius 1 is 1.24 bits per heavy atom. The molecule has 0 aliphatic carbocycles. The van der Waals surface area contributed by atoms with E-state index in [-0.39, 0.29) is 25.0 Å². The molecule has 2 heterocycles. The number of anilines is 1. The summed E-state index contributed by atoms with van der Waals surface area (Å²) in [5, 5.41) is 6.62. The van der Waals surface area contributed by atoms with Crippen LogP contribution in [-0.2, 0) is 24.5 Å². The highest BCUT2D eigenvalue weighted by molar-refractivity contribution is 5.99. The first-order valence-electron chi connectivity index (χ1n) is 11.1. The zero-order valence-electron chi connectivity index (χ0n) is 19.9. The maximum atomic E-state index is 12.8. The van der Waals surface area contributed by atoms with Gasteiger partial charge in [-0.05, 0) is 39.5 Å². The van der Waals surface area contributed by atoms with E-state index in [9.17, 15) is 22.8 Å². The van der Waals surface area contributed by atoms with Gasteiger partial charge in [0, 0.05) is 38.0 Å². The molecule has 0 aromatic carbocycles. The predicted molar refractivity (Wildman–Crippen MR) is 114 cm³/mol. The highest BCUT2D eigenvalue weighted by Gasteiger charge is 2.37. The van der Waals surface area contributed by atoms with Gasteiger partial charge in [0.15, 0.2) is 6.29 Å². The molecule has 1 aromatic rings. The number of carbonyl (C=O) groups excluding carboxylic acids is 2. The minimum atomic E-state index is -4.32. The summed E-state index contributed by atoms with van der Waals surface area (Å²) in [5.41, 5.74) is -1.25. The first-order valence-corrected chi connectivity index (χ1v) is 11.1. The Morgan fingerprint density at radius 3 is 2.55 bits per heavy atom. The van der Waals surface area contributed by atoms with E-state index in [0.29, 0.717) is 18.9 Å². The molecule has 0 radical (unpaired) electrons. The van der Waals surface area contributed by atoms with Gasteiger partial charge >= 0.3 is 6.18 Å². The summed E-state index contributed by atoms with van der Waals surface area (Å²) in [6, 6.07) is 1.59. The number of nitrogens with zero attached hydrogens (tertiary/aromatic N) is 2. The van der Waals surface area contributed by atoms with Crippen LogP contribution in [0.1, 0.15) is 71.9 Å². The molecule has 33 heavy (non-hydrogen) atoms. The molecule has 188 valence electrons. The standard InChI is InChI=1S/C22H34F3N3O5/c1-20(2,14-32-18-10-6-7-12-31-18)15-13-16(33-27-15)26-19(30)21(3,4)28(5)17(29)9-8-11-22(23,24)25/h13,18H,6-12,14H2,1-5H3,(H,26,30). The van der Waals surface area contributed by atoms with Gasteiger partial charge < -0.3 is 18.9 Å². The van der Waals surface area contributed by atoms with Crippen molar-refractivity contribution < 1.29 is 36.8 Å². The van der Waals surface area contributed by atoms with Crippen LogP contribution in [0.4, 0.5) is 19.1 Å². The lowest BCUT2D eigenvalue weighted by molar-refractivity contribution is -0.170. The van der Waals surface area contributed by atoms with Crippen LogP contribution < -0.4 is 5.32 Å². The van der Waals surface area contributed by atoms with Crippen LogP contribution in [-0.4, -0.2) is 60.1 Å². The quantitative estimate of drug-likeness (QED) is 0.537. The van der Waals surface area contributed by atoms with Crippen molar-refractivity contribution in [3.05, 3.63) is 11.8 Å². The number of alkyl halides is 3. The van der Waals surface area contributed by atoms with Gasteiger partial charge in [0.1, 0.15) is 5.54 Å². The monoisotopic (exact) mass is 477 g/mol. The van der Waals surface area contributed by atoms with Crippen LogP contribution in [0.3, 0.4) is 0 Å². The van der Waals surface area contributed by atoms with E-state index in [1.165, 1.54) is 20.9 Å². The second kappa shape index (κ2) is 10.9. The van der Waals surface area contributed by atoms with Gasteiger partial charge in [0.05, 0.1) is 12.3 Å². The molecule has 11 heteroatoms. The number of likely N-dealkylation sites (N-methyl/N-ethyl adjacent to an activating group) is 1. The number of nitrogens with one attached hydrogen (secondary N) is 1. The molecule has 0 saturated carbocycles. The lowest BCUT2D eigenvalue weighted by atomic mass is 9.90. The van der Waals surface area contributed by atoms with Gasteiger partial charge in [-0.25, -0.2) is 0 Å². The van der Waals surface area contributed by atoms with Crippen LogP contribution in [0, 0.1) is 0 Å². The van der Waals surface area contributed by atoms with Crippen LogP contribution in [0.25, 0.3) is 0 Å². The summed E-state index contributed by atoms with van der Waals surface area (Å²) in [6.07, 6.45) is -3.33. The smallest absolute Gasteiger partial charge is 0.353 e. The van der Waals surface area contributed by atoms with Crippen molar-refractivity contribution >= 4 is 17.7 Å². The van der Waals surface area contributed by atoms with Crippen molar-refractivity contribution in [3.8, 4) is 0 Å². The summed E-state index contributed by atoms with van der Waals surface area (Å²) in [4.78, 5) is 26.2. The number of carbonyl (C=O) groups is 2. The van der Waals surface area contributed by atoms with Crippen molar-refractivity contribution in [3.63, 3.8) is 0 Å². The normalized spacial score (nSPS) is 17.6. The molecule has 2 rings (SSSR count). The maximum absolute atomic E-state index is 12.8. The lowest BCUT2D eigenvalue weighted by Crippen LogP contribution is -2.53. The molecular formula is C22H34F3N3O5. The second-order valence-electron chi connectivity index (χ2n) is 9.50. The van der Waals surface area contributed by atoms with Gasteiger partial charge in [-0.15, -0.1) is 0 Å². The average Bonchev–Trinajstić information content (AvgIpc) is 3.21. The molecule has 1 fully saturated rings. The highest BCUT2D eigenvalue weighted by Crippen LogP contribution is 2.28. The fraction of sp³-hybridized carbons (Fsp3) is 0.773. The highest BCUT2D eigenvalue weighted by atomic mass is 19.4. The number of amides is 2. The molecule has 1 atom stereocenters. The molecule has 2 amide bonds. The first-order chi connectivity index (χ1) is 15.2. The average molecular weight is 478 g/mol. The fourth-order valence-corrected chi connectivity index (χ4v) is 3.21. The molecule has 1 aliphatic heterocycles. The Balaban J connectivity index is 1.92. The fourth-order valence-electron chi connectivity index (χ4n) is 3.21. The largest absolute Gasteiger partial charge is 0.389 e. The van der Waals surface area contributed by atoms with Gasteiger partial charge in [-0.1, -0.05) is 19.0 Å². The Bertz CT molecular complexity index is 801. The van der Waals surface area contributed by atoms with Gasteiger partial charge in [0.25, 0.3) is 5.91 Å². The summed E-state index contributed by atoms with van der Waals surface area (Å²) in [6.45, 7) is 7.89. The zero-order chi connectivity index (χ0) is 24.9. The van der Waals surface area contributed by atoms with Crippen LogP contribution in [0.5, 0.6) is 0 Å². The lowest BCUT2D eigenvalue weighted by Gasteiger charge is -2.34. The molecule has 0 spiro atoms. The van der Waals surface area contributed by atoms with E-state index >= 15 is 0 Å². The minimum Gasteiger partial charge on any atom is -0.353 e. The SMILES string of the molecule is CN(C(=O)CCCC(F)(F)F)C(C)(C)C(=O)Nc1cc(C(C)(C)COC2CCCCO2)no1. The number of ether oxygens (including phenoxy) is 2. The topological polar surface area (TPSA) is 93.9 Å². The number of hydrogen-bond acceptors (Lipinski definition) is 6. The van der Waals surface area contributed by atoms with E-state index < -0.39 is 35.4 Å². The number of aromatic nitrogens is 1. The number of hydrogen-bond donors (Lipinski definition) is 1. The van der Waals surface area contributed by atoms with E-state index in [4.69, 9.17) is 14.0 Å². The van der Waals surface area contributed by atoms with Gasteiger partial charge in [0.2, 0.25) is 11.8 Å². The van der Waals surface area contributed by atoms with Crippen molar-refractivity contribution in [2.24, 2.45) is 0 Å². The molecule has 1 unspecified atom stereocenters. The number of halogens is 3. The minimum absolute atomic E-state index is 0.1000. The summed E-state index contributed by atoms with van der Waals surface area (Å²) in [5.74, 6) is -1.01. The van der Waals surface area contributed by atoms with E-state index in [2.05, 4.69) is 10.5 Å². The Morgan fingerprint density at radius 2 is 1.94 bits per heavy atom. The summed E-state index contributed by atoms with van der Waals surface area (Å²) in [7, 11) is 1.38. The third kappa shape index (κ3) is 7.99. The van der Waals surface area contributed by atoms with Crippen LogP contribution >= 0.6 is 0 Å². The van der Waals surface area contributed by atoms with Gasteiger partial charge in [-0.3, -0.25) is 14.9 Å². The summed E-state index contributed by atoms with van der Waals surface area (Å²) >= 11 is 0. The molecule has 0 bridgehead atoms. The number of rotatable bonds is 10. The molecule has 1 N–H and O–H groups in total. The molecule has 1 aliphatic rings. The zero-order valence-corrected chi connectivity index (χ0v) is 19.9. The third-order valence-electron chi connectivity index (χ3n) is 5.83. The molecule has 1 aromatic heterocycles. The Kier molecular flexibility index (Phi) is 8.92. The maximum Gasteiger partial charge on any atom is 0.389 e. The van der Waals surface area contributed by atoms with Crippen molar-refractivity contribution in [2.45, 2.75) is 89.6 Å². The predicted octanol–water partition coefficient (Wildman–Crippen LogP) is 4.40. The molecular weight excluding hydrogens is 443 g/mol. The summed E-state index contributed by atoms with van der Waals surface area (Å²) < 4.78 is 53.6. The Labute approximate surface area is 192 Å². The van der Waals surface area contributed by atoms with Gasteiger partial charge in [-0.2, -0.15) is 13.2 Å². The van der Waals surface area contributed by atoms with E-state index in [1.54, 1.807) is 6.07 Å². The first kappa shape index (κ1) is 27.1. The van der Waals surface area contributed by atoms with Crippen molar-refractivity contribution in [1.29, 1.82) is 0 Å². The van der Waals surface area contributed by atoms with Crippen LogP contribution in [0.2, 0.25) is 0 Å². The molecule has 8 nitrogen and oxygen atoms in total. The van der Waals surface area contributed by atoms with Crippen molar-refractivity contribution in [1.82, 2.24) is 10.1 Å². The second-order valence-corrected chi connectivity index (χ2v) is 9.50. The van der Waals surface area contributed by atoms with Crippen LogP contribution in [0.15, 0.2) is 10.6 Å². The van der Waals surface area contributed by atoms with Crippen molar-refractivity contribution in [2.75, 3.05) is 25.6 Å². The Hall–Kier alpha value is -2.14. The third-order valence-corrected chi connectivity index (χ3v) is 5.83.